The average Bonchev–Trinajstić information content (AvgIpc) is 2.15. The van der Waals surface area contributed by atoms with E-state index < -0.39 is 30.7 Å². The Kier molecular flexibility index (Phi) is 4.03. The minimum absolute atomic E-state index is 0.207. The second kappa shape index (κ2) is 4.86. The smallest absolute Gasteiger partial charge is 0.183 e. The van der Waals surface area contributed by atoms with E-state index in [0.717, 1.165) is 0 Å². The van der Waals surface area contributed by atoms with E-state index in [1.54, 1.807) is 6.92 Å². The molecule has 0 amide bonds. The van der Waals surface area contributed by atoms with Crippen molar-refractivity contribution in [2.45, 2.75) is 37.6 Å². The highest BCUT2D eigenvalue weighted by atomic mass is 16.6. The van der Waals surface area contributed by atoms with Crippen LogP contribution in [0.1, 0.15) is 6.92 Å². The molecule has 1 unspecified atom stereocenters. The Bertz CT molecular complexity index is 182. The molecule has 5 nitrogen and oxygen atoms in total. The number of hydrogen-bond acceptors (Lipinski definition) is 5. The lowest BCUT2D eigenvalue weighted by Gasteiger charge is -2.39. The van der Waals surface area contributed by atoms with Gasteiger partial charge in [0, 0.05) is 0 Å². The summed E-state index contributed by atoms with van der Waals surface area (Å²) in [6, 6.07) is 0. The zero-order valence-corrected chi connectivity index (χ0v) is 8.04. The molecule has 82 valence electrons. The summed E-state index contributed by atoms with van der Waals surface area (Å²) in [5, 5.41) is 28.3. The molecule has 0 bridgehead atoms. The van der Waals surface area contributed by atoms with E-state index in [9.17, 15) is 15.3 Å². The van der Waals surface area contributed by atoms with Gasteiger partial charge in [-0.25, -0.2) is 0 Å². The van der Waals surface area contributed by atoms with Crippen molar-refractivity contribution >= 4 is 0 Å². The van der Waals surface area contributed by atoms with Gasteiger partial charge in [-0.1, -0.05) is 6.08 Å². The van der Waals surface area contributed by atoms with Crippen LogP contribution in [0.5, 0.6) is 0 Å². The second-order valence-corrected chi connectivity index (χ2v) is 3.30. The Morgan fingerprint density at radius 1 is 1.36 bits per heavy atom. The van der Waals surface area contributed by atoms with Gasteiger partial charge in [0.1, 0.15) is 18.3 Å². The molecule has 1 heterocycles. The Labute approximate surface area is 82.6 Å². The van der Waals surface area contributed by atoms with Crippen LogP contribution in [0, 0.1) is 0 Å². The zero-order valence-electron chi connectivity index (χ0n) is 8.04. The number of aliphatic hydroxyl groups is 3. The fourth-order valence-electron chi connectivity index (χ4n) is 1.39. The van der Waals surface area contributed by atoms with Gasteiger partial charge >= 0.3 is 0 Å². The van der Waals surface area contributed by atoms with Crippen LogP contribution in [-0.2, 0) is 9.47 Å². The van der Waals surface area contributed by atoms with Crippen molar-refractivity contribution in [2.24, 2.45) is 0 Å². The lowest BCUT2D eigenvalue weighted by atomic mass is 10.00. The van der Waals surface area contributed by atoms with E-state index in [1.165, 1.54) is 6.08 Å². The molecule has 1 saturated heterocycles. The monoisotopic (exact) mass is 204 g/mol. The molecule has 0 aromatic heterocycles. The van der Waals surface area contributed by atoms with Crippen LogP contribution in [-0.4, -0.2) is 52.6 Å². The van der Waals surface area contributed by atoms with Gasteiger partial charge in [0.05, 0.1) is 12.7 Å². The SMILES string of the molecule is C=CCO[C@H]1[C@H](O)[C@@H](C)OC(O)[C@@H]1O. The van der Waals surface area contributed by atoms with E-state index in [2.05, 4.69) is 6.58 Å². The molecule has 0 saturated carbocycles. The van der Waals surface area contributed by atoms with E-state index in [-0.39, 0.29) is 6.61 Å². The predicted molar refractivity (Wildman–Crippen MR) is 48.5 cm³/mol. The summed E-state index contributed by atoms with van der Waals surface area (Å²) < 4.78 is 10.0. The van der Waals surface area contributed by atoms with Gasteiger partial charge in [-0.15, -0.1) is 6.58 Å². The third-order valence-corrected chi connectivity index (χ3v) is 2.21. The normalized spacial score (nSPS) is 43.6. The van der Waals surface area contributed by atoms with Gasteiger partial charge in [-0.2, -0.15) is 0 Å². The van der Waals surface area contributed by atoms with Crippen molar-refractivity contribution in [1.29, 1.82) is 0 Å². The molecule has 14 heavy (non-hydrogen) atoms. The third-order valence-electron chi connectivity index (χ3n) is 2.21. The second-order valence-electron chi connectivity index (χ2n) is 3.30. The molecule has 0 spiro atoms. The molecule has 0 aromatic rings. The molecule has 0 radical (unpaired) electrons. The first kappa shape index (κ1) is 11.6. The van der Waals surface area contributed by atoms with E-state index >= 15 is 0 Å². The summed E-state index contributed by atoms with van der Waals surface area (Å²) in [4.78, 5) is 0. The van der Waals surface area contributed by atoms with Crippen LogP contribution in [0.25, 0.3) is 0 Å². The first-order valence-electron chi connectivity index (χ1n) is 4.50. The molecular formula is C9H16O5. The van der Waals surface area contributed by atoms with Gasteiger partial charge in [-0.05, 0) is 6.92 Å². The lowest BCUT2D eigenvalue weighted by molar-refractivity contribution is -0.284. The summed E-state index contributed by atoms with van der Waals surface area (Å²) in [7, 11) is 0. The Balaban J connectivity index is 2.61. The van der Waals surface area contributed by atoms with Crippen molar-refractivity contribution in [2.75, 3.05) is 6.61 Å². The summed E-state index contributed by atoms with van der Waals surface area (Å²) in [5.74, 6) is 0. The number of hydrogen-bond donors (Lipinski definition) is 3. The first-order valence-corrected chi connectivity index (χ1v) is 4.50. The van der Waals surface area contributed by atoms with Gasteiger partial charge in [0.15, 0.2) is 6.29 Å². The van der Waals surface area contributed by atoms with Crippen LogP contribution in [0.4, 0.5) is 0 Å². The highest BCUT2D eigenvalue weighted by Gasteiger charge is 2.42. The van der Waals surface area contributed by atoms with E-state index in [4.69, 9.17) is 9.47 Å². The Hall–Kier alpha value is -0.460. The standard InChI is InChI=1S/C9H16O5/c1-3-4-13-8-6(10)5(2)14-9(12)7(8)11/h3,5-12H,1,4H2,2H3/t5-,6-,7-,8+,9?/m1/s1. The molecule has 5 atom stereocenters. The van der Waals surface area contributed by atoms with Crippen molar-refractivity contribution in [3.8, 4) is 0 Å². The van der Waals surface area contributed by atoms with Crippen LogP contribution in [0.2, 0.25) is 0 Å². The van der Waals surface area contributed by atoms with Gasteiger partial charge in [0.25, 0.3) is 0 Å². The maximum absolute atomic E-state index is 9.60. The van der Waals surface area contributed by atoms with E-state index in [0.29, 0.717) is 0 Å². The highest BCUT2D eigenvalue weighted by molar-refractivity contribution is 4.88. The van der Waals surface area contributed by atoms with Crippen LogP contribution >= 0.6 is 0 Å². The lowest BCUT2D eigenvalue weighted by Crippen LogP contribution is -2.57. The van der Waals surface area contributed by atoms with Gasteiger partial charge in [-0.3, -0.25) is 0 Å². The first-order chi connectivity index (χ1) is 6.57. The minimum atomic E-state index is -1.32. The third kappa shape index (κ3) is 2.31. The Morgan fingerprint density at radius 3 is 2.57 bits per heavy atom. The molecule has 0 aromatic carbocycles. The van der Waals surface area contributed by atoms with Crippen molar-refractivity contribution < 1.29 is 24.8 Å². The fraction of sp³-hybridized carbons (Fsp3) is 0.778. The number of ether oxygens (including phenoxy) is 2. The van der Waals surface area contributed by atoms with Crippen molar-refractivity contribution in [1.82, 2.24) is 0 Å². The number of rotatable bonds is 3. The highest BCUT2D eigenvalue weighted by Crippen LogP contribution is 2.21. The van der Waals surface area contributed by atoms with Crippen LogP contribution < -0.4 is 0 Å². The fourth-order valence-corrected chi connectivity index (χ4v) is 1.39. The maximum atomic E-state index is 9.60. The molecular weight excluding hydrogens is 188 g/mol. The van der Waals surface area contributed by atoms with Crippen LogP contribution in [0.3, 0.4) is 0 Å². The summed E-state index contributed by atoms with van der Waals surface area (Å²) >= 11 is 0. The largest absolute Gasteiger partial charge is 0.388 e. The molecule has 1 fully saturated rings. The van der Waals surface area contributed by atoms with Gasteiger partial charge < -0.3 is 24.8 Å². The molecule has 1 aliphatic heterocycles. The molecule has 0 aliphatic carbocycles. The summed E-state index contributed by atoms with van der Waals surface area (Å²) in [5.41, 5.74) is 0. The van der Waals surface area contributed by atoms with Gasteiger partial charge in [0.2, 0.25) is 0 Å². The Morgan fingerprint density at radius 2 is 2.00 bits per heavy atom. The molecule has 1 aliphatic rings. The molecule has 5 heteroatoms. The summed E-state index contributed by atoms with van der Waals surface area (Å²) in [6.45, 7) is 5.26. The average molecular weight is 204 g/mol. The predicted octanol–water partition coefficient (Wildman–Crippen LogP) is -0.984. The topological polar surface area (TPSA) is 79.2 Å². The van der Waals surface area contributed by atoms with Crippen molar-refractivity contribution in [3.05, 3.63) is 12.7 Å². The number of aliphatic hydroxyl groups excluding tert-OH is 3. The quantitative estimate of drug-likeness (QED) is 0.515. The van der Waals surface area contributed by atoms with Crippen molar-refractivity contribution in [3.63, 3.8) is 0 Å². The van der Waals surface area contributed by atoms with Crippen LogP contribution in [0.15, 0.2) is 12.7 Å². The van der Waals surface area contributed by atoms with E-state index in [1.807, 2.05) is 0 Å². The molecule has 1 rings (SSSR count). The zero-order chi connectivity index (χ0) is 10.7. The minimum Gasteiger partial charge on any atom is -0.388 e. The molecule has 3 N–H and O–H groups in total. The summed E-state index contributed by atoms with van der Waals surface area (Å²) in [6.07, 6.45) is -3.40. The maximum Gasteiger partial charge on any atom is 0.183 e.